The summed E-state index contributed by atoms with van der Waals surface area (Å²) >= 11 is 0. The highest BCUT2D eigenvalue weighted by Gasteiger charge is 2.28. The number of hydrogen-bond acceptors (Lipinski definition) is 3. The van der Waals surface area contributed by atoms with E-state index in [4.69, 9.17) is 4.74 Å². The van der Waals surface area contributed by atoms with E-state index in [2.05, 4.69) is 11.9 Å². The van der Waals surface area contributed by atoms with Gasteiger partial charge in [0, 0.05) is 13.1 Å². The van der Waals surface area contributed by atoms with Crippen molar-refractivity contribution in [2.75, 3.05) is 13.2 Å². The van der Waals surface area contributed by atoms with Crippen molar-refractivity contribution < 1.29 is 9.84 Å². The van der Waals surface area contributed by atoms with E-state index in [1.807, 2.05) is 24.3 Å². The number of rotatable bonds is 8. The van der Waals surface area contributed by atoms with Crippen molar-refractivity contribution in [3.8, 4) is 5.75 Å². The lowest BCUT2D eigenvalue weighted by molar-refractivity contribution is 0.148. The summed E-state index contributed by atoms with van der Waals surface area (Å²) in [6, 6.07) is 7.99. The van der Waals surface area contributed by atoms with Crippen LogP contribution in [0.5, 0.6) is 5.75 Å². The minimum atomic E-state index is -0.180. The normalized spacial score (nSPS) is 16.3. The fraction of sp³-hybridized carbons (Fsp3) is 0.467. The van der Waals surface area contributed by atoms with Gasteiger partial charge < -0.3 is 15.2 Å². The molecule has 1 unspecified atom stereocenters. The minimum absolute atomic E-state index is 0.180. The van der Waals surface area contributed by atoms with E-state index in [-0.39, 0.29) is 6.10 Å². The molecule has 0 heterocycles. The predicted octanol–water partition coefficient (Wildman–Crippen LogP) is 2.11. The molecule has 0 amide bonds. The van der Waals surface area contributed by atoms with Crippen LogP contribution in [0.15, 0.2) is 36.9 Å². The lowest BCUT2D eigenvalue weighted by Gasteiger charge is -2.11. The third kappa shape index (κ3) is 4.17. The van der Waals surface area contributed by atoms with Gasteiger partial charge in [0.1, 0.15) is 12.4 Å². The Kier molecular flexibility index (Phi) is 4.79. The highest BCUT2D eigenvalue weighted by molar-refractivity contribution is 5.27. The second kappa shape index (κ2) is 6.57. The van der Waals surface area contributed by atoms with Crippen molar-refractivity contribution in [2.24, 2.45) is 5.92 Å². The molecular weight excluding hydrogens is 226 g/mol. The van der Waals surface area contributed by atoms with Gasteiger partial charge in [0.25, 0.3) is 0 Å². The Bertz CT molecular complexity index is 371. The smallest absolute Gasteiger partial charge is 0.119 e. The Morgan fingerprint density at radius 3 is 2.72 bits per heavy atom. The van der Waals surface area contributed by atoms with E-state index < -0.39 is 0 Å². The quantitative estimate of drug-likeness (QED) is 0.691. The van der Waals surface area contributed by atoms with Gasteiger partial charge in [-0.15, -0.1) is 0 Å². The number of ether oxygens (including phenoxy) is 1. The summed E-state index contributed by atoms with van der Waals surface area (Å²) in [6.07, 6.45) is 3.91. The number of benzene rings is 1. The second-order valence-electron chi connectivity index (χ2n) is 4.78. The van der Waals surface area contributed by atoms with Crippen molar-refractivity contribution in [1.82, 2.24) is 5.32 Å². The molecule has 18 heavy (non-hydrogen) atoms. The van der Waals surface area contributed by atoms with Gasteiger partial charge >= 0.3 is 0 Å². The van der Waals surface area contributed by atoms with E-state index in [0.717, 1.165) is 12.3 Å². The molecule has 0 saturated heterocycles. The molecule has 0 radical (unpaired) electrons. The molecule has 0 bridgehead atoms. The molecule has 3 nitrogen and oxygen atoms in total. The molecule has 0 aliphatic heterocycles. The Morgan fingerprint density at radius 1 is 1.39 bits per heavy atom. The van der Waals surface area contributed by atoms with Crippen LogP contribution in [0.3, 0.4) is 0 Å². The maximum absolute atomic E-state index is 9.72. The van der Waals surface area contributed by atoms with Crippen LogP contribution in [0, 0.1) is 5.92 Å². The summed E-state index contributed by atoms with van der Waals surface area (Å²) < 4.78 is 5.41. The van der Waals surface area contributed by atoms with Crippen LogP contribution in [0.2, 0.25) is 0 Å². The van der Waals surface area contributed by atoms with Crippen molar-refractivity contribution in [3.05, 3.63) is 42.5 Å². The molecule has 2 rings (SSSR count). The van der Waals surface area contributed by atoms with Crippen LogP contribution in [0.4, 0.5) is 0 Å². The Hall–Kier alpha value is -1.32. The zero-order valence-electron chi connectivity index (χ0n) is 10.6. The summed E-state index contributed by atoms with van der Waals surface area (Å²) in [6.45, 7) is 5.61. The third-order valence-corrected chi connectivity index (χ3v) is 3.14. The Balaban J connectivity index is 1.70. The molecule has 1 saturated carbocycles. The summed E-state index contributed by atoms with van der Waals surface area (Å²) in [5.41, 5.74) is 1.20. The van der Waals surface area contributed by atoms with Crippen LogP contribution < -0.4 is 10.1 Å². The number of hydrogen-bond donors (Lipinski definition) is 2. The SMILES string of the molecule is C=CCOc1ccc(CNCC(O)C2CC2)cc1. The van der Waals surface area contributed by atoms with Crippen molar-refractivity contribution in [3.63, 3.8) is 0 Å². The van der Waals surface area contributed by atoms with Crippen molar-refractivity contribution in [1.29, 1.82) is 0 Å². The summed E-state index contributed by atoms with van der Waals surface area (Å²) in [7, 11) is 0. The maximum atomic E-state index is 9.72. The fourth-order valence-corrected chi connectivity index (χ4v) is 1.87. The second-order valence-corrected chi connectivity index (χ2v) is 4.78. The van der Waals surface area contributed by atoms with Gasteiger partial charge in [-0.05, 0) is 36.5 Å². The largest absolute Gasteiger partial charge is 0.490 e. The topological polar surface area (TPSA) is 41.5 Å². The Labute approximate surface area is 108 Å². The molecule has 1 fully saturated rings. The summed E-state index contributed by atoms with van der Waals surface area (Å²) in [4.78, 5) is 0. The maximum Gasteiger partial charge on any atom is 0.119 e. The van der Waals surface area contributed by atoms with Gasteiger partial charge in [-0.1, -0.05) is 24.8 Å². The van der Waals surface area contributed by atoms with E-state index >= 15 is 0 Å². The van der Waals surface area contributed by atoms with E-state index in [1.165, 1.54) is 18.4 Å². The van der Waals surface area contributed by atoms with Crippen LogP contribution >= 0.6 is 0 Å². The molecule has 1 aromatic rings. The monoisotopic (exact) mass is 247 g/mol. The van der Waals surface area contributed by atoms with Crippen LogP contribution in [0.25, 0.3) is 0 Å². The molecule has 0 spiro atoms. The lowest BCUT2D eigenvalue weighted by Crippen LogP contribution is -2.27. The van der Waals surface area contributed by atoms with E-state index in [9.17, 15) is 5.11 Å². The van der Waals surface area contributed by atoms with Gasteiger partial charge in [-0.2, -0.15) is 0 Å². The Morgan fingerprint density at radius 2 is 2.11 bits per heavy atom. The highest BCUT2D eigenvalue weighted by Crippen LogP contribution is 2.32. The first-order chi connectivity index (χ1) is 8.79. The van der Waals surface area contributed by atoms with Gasteiger partial charge in [0.15, 0.2) is 0 Å². The van der Waals surface area contributed by atoms with Crippen LogP contribution in [-0.2, 0) is 6.54 Å². The molecule has 1 aromatic carbocycles. The first kappa shape index (κ1) is 13.1. The first-order valence-corrected chi connectivity index (χ1v) is 6.51. The van der Waals surface area contributed by atoms with Crippen LogP contribution in [-0.4, -0.2) is 24.4 Å². The minimum Gasteiger partial charge on any atom is -0.490 e. The van der Waals surface area contributed by atoms with E-state index in [1.54, 1.807) is 6.08 Å². The highest BCUT2D eigenvalue weighted by atomic mass is 16.5. The summed E-state index contributed by atoms with van der Waals surface area (Å²) in [5.74, 6) is 1.39. The lowest BCUT2D eigenvalue weighted by atomic mass is 10.2. The standard InChI is InChI=1S/C15H21NO2/c1-2-9-18-14-7-3-12(4-8-14)10-16-11-15(17)13-5-6-13/h2-4,7-8,13,15-17H,1,5-6,9-11H2. The molecule has 2 N–H and O–H groups in total. The van der Waals surface area contributed by atoms with E-state index in [0.29, 0.717) is 19.1 Å². The average Bonchev–Trinajstić information content (AvgIpc) is 3.22. The van der Waals surface area contributed by atoms with Gasteiger partial charge in [-0.25, -0.2) is 0 Å². The fourth-order valence-electron chi connectivity index (χ4n) is 1.87. The number of nitrogens with one attached hydrogen (secondary N) is 1. The molecule has 0 aromatic heterocycles. The van der Waals surface area contributed by atoms with Gasteiger partial charge in [0.05, 0.1) is 6.10 Å². The number of aliphatic hydroxyl groups is 1. The summed E-state index contributed by atoms with van der Waals surface area (Å²) in [5, 5.41) is 13.0. The zero-order chi connectivity index (χ0) is 12.8. The molecule has 98 valence electrons. The molecule has 3 heteroatoms. The van der Waals surface area contributed by atoms with Crippen LogP contribution in [0.1, 0.15) is 18.4 Å². The van der Waals surface area contributed by atoms with Gasteiger partial charge in [-0.3, -0.25) is 0 Å². The predicted molar refractivity (Wildman–Crippen MR) is 72.6 cm³/mol. The van der Waals surface area contributed by atoms with Crippen molar-refractivity contribution >= 4 is 0 Å². The number of aliphatic hydroxyl groups excluding tert-OH is 1. The van der Waals surface area contributed by atoms with Gasteiger partial charge in [0.2, 0.25) is 0 Å². The average molecular weight is 247 g/mol. The zero-order valence-corrected chi connectivity index (χ0v) is 10.6. The molecule has 1 aliphatic rings. The third-order valence-electron chi connectivity index (χ3n) is 3.14. The molecular formula is C15H21NO2. The molecule has 1 aliphatic carbocycles. The van der Waals surface area contributed by atoms with Crippen molar-refractivity contribution in [2.45, 2.75) is 25.5 Å². The first-order valence-electron chi connectivity index (χ1n) is 6.51. The molecule has 1 atom stereocenters.